The highest BCUT2D eigenvalue weighted by Gasteiger charge is 2.40. The van der Waals surface area contributed by atoms with Gasteiger partial charge in [0.25, 0.3) is 5.91 Å². The molecule has 0 fully saturated rings. The molecule has 2 unspecified atom stereocenters. The number of likely N-dealkylation sites (N-methyl/N-ethyl adjacent to an activating group) is 1. The van der Waals surface area contributed by atoms with Crippen LogP contribution in [0.25, 0.3) is 5.70 Å². The Balaban J connectivity index is 1.49. The van der Waals surface area contributed by atoms with E-state index < -0.39 is 23.7 Å². The molecule has 2 aromatic carbocycles. The van der Waals surface area contributed by atoms with Crippen LogP contribution < -0.4 is 10.6 Å². The van der Waals surface area contributed by atoms with Crippen LogP contribution in [0.15, 0.2) is 75.6 Å². The number of hydrogen-bond acceptors (Lipinski definition) is 5. The minimum Gasteiger partial charge on any atom is -0.507 e. The summed E-state index contributed by atoms with van der Waals surface area (Å²) in [7, 11) is 1.85. The van der Waals surface area contributed by atoms with E-state index in [1.807, 2.05) is 11.9 Å². The summed E-state index contributed by atoms with van der Waals surface area (Å²) in [4.78, 5) is 37.9. The number of aliphatic carboxylic acids is 1. The lowest BCUT2D eigenvalue weighted by Gasteiger charge is -2.28. The number of carboxylic acids is 1. The summed E-state index contributed by atoms with van der Waals surface area (Å²) in [5.74, 6) is -2.82. The number of carboxylic acid groups (broad SMARTS) is 1. The van der Waals surface area contributed by atoms with Gasteiger partial charge in [0.1, 0.15) is 11.6 Å². The Kier molecular flexibility index (Phi) is 6.42. The average molecular weight is 575 g/mol. The summed E-state index contributed by atoms with van der Waals surface area (Å²) in [6, 6.07) is 10.9. The highest BCUT2D eigenvalue weighted by Crippen LogP contribution is 2.46. The number of carbonyl (C=O) groups excluding carboxylic acids is 2. The number of anilines is 1. The van der Waals surface area contributed by atoms with E-state index in [2.05, 4.69) is 33.2 Å². The normalized spacial score (nSPS) is 19.2. The number of nitrogens with one attached hydrogen (secondary N) is 2. The number of amides is 3. The second-order valence-electron chi connectivity index (χ2n) is 7.76. The number of aliphatic hydroxyl groups excluding tert-OH is 1. The van der Waals surface area contributed by atoms with Gasteiger partial charge >= 0.3 is 12.0 Å². The molecule has 1 heterocycles. The number of imide groups is 1. The molecule has 34 heavy (non-hydrogen) atoms. The van der Waals surface area contributed by atoms with Gasteiger partial charge < -0.3 is 20.4 Å². The molecule has 0 saturated heterocycles. The van der Waals surface area contributed by atoms with Crippen molar-refractivity contribution < 1.29 is 29.0 Å². The third kappa shape index (κ3) is 4.53. The maximum Gasteiger partial charge on any atom is 0.339 e. The van der Waals surface area contributed by atoms with Crippen molar-refractivity contribution in [1.82, 2.24) is 10.2 Å². The fraction of sp³-hybridized carbons (Fsp3) is 0.125. The molecule has 0 spiro atoms. The average Bonchev–Trinajstić information content (AvgIpc) is 3.02. The third-order valence-electron chi connectivity index (χ3n) is 5.60. The number of carbonyl (C=O) groups is 3. The minimum atomic E-state index is -1.19. The lowest BCUT2D eigenvalue weighted by atomic mass is 9.91. The molecule has 2 aliphatic rings. The molecule has 1 aliphatic carbocycles. The van der Waals surface area contributed by atoms with Crippen molar-refractivity contribution in [1.29, 1.82) is 0 Å². The zero-order valence-electron chi connectivity index (χ0n) is 17.8. The monoisotopic (exact) mass is 575 g/mol. The first kappa shape index (κ1) is 23.5. The van der Waals surface area contributed by atoms with E-state index in [9.17, 15) is 29.0 Å². The van der Waals surface area contributed by atoms with Crippen molar-refractivity contribution in [3.05, 3.63) is 92.5 Å². The lowest BCUT2D eigenvalue weighted by Crippen LogP contribution is -2.34. The predicted molar refractivity (Wildman–Crippen MR) is 132 cm³/mol. The van der Waals surface area contributed by atoms with E-state index in [0.717, 1.165) is 20.9 Å². The van der Waals surface area contributed by atoms with Crippen LogP contribution in [0.1, 0.15) is 15.9 Å². The molecule has 0 saturated carbocycles. The Bertz CT molecular complexity index is 1290. The first-order valence-corrected chi connectivity index (χ1v) is 11.2. The number of aliphatic hydroxyl groups is 1. The van der Waals surface area contributed by atoms with E-state index in [-0.39, 0.29) is 34.5 Å². The van der Waals surface area contributed by atoms with Crippen LogP contribution >= 0.6 is 22.6 Å². The van der Waals surface area contributed by atoms with E-state index in [0.29, 0.717) is 0 Å². The standard InChI is InChI=1S/C24H19FIN3O5/c1-29-18-11-19(30)17(23(32)33)10-16(18)20(26)21(29)12-5-7-13(8-6-12)22(31)28-24(34)27-15-4-2-3-14(25)9-15/h2-11,16,18,30H,1H3,(H,32,33)(H2,27,28,31,34). The SMILES string of the molecule is CN1C(c2ccc(C(=O)NC(=O)Nc3cccc(F)c3)cc2)=C(I)C2C=C(C(=O)O)C(O)=CC21. The molecule has 0 radical (unpaired) electrons. The summed E-state index contributed by atoms with van der Waals surface area (Å²) in [5.41, 5.74) is 1.97. The minimum absolute atomic E-state index is 0.131. The molecule has 174 valence electrons. The number of benzene rings is 2. The van der Waals surface area contributed by atoms with Gasteiger partial charge in [0, 0.05) is 27.8 Å². The van der Waals surface area contributed by atoms with E-state index in [1.54, 1.807) is 30.3 Å². The van der Waals surface area contributed by atoms with Crippen molar-refractivity contribution in [2.24, 2.45) is 5.92 Å². The van der Waals surface area contributed by atoms with Crippen LogP contribution in [-0.2, 0) is 4.79 Å². The zero-order chi connectivity index (χ0) is 24.6. The number of halogens is 2. The molecule has 4 rings (SSSR count). The van der Waals surface area contributed by atoms with Gasteiger partial charge in [0.15, 0.2) is 0 Å². The molecule has 0 bridgehead atoms. The van der Waals surface area contributed by atoms with E-state index in [1.165, 1.54) is 24.3 Å². The Morgan fingerprint density at radius 2 is 1.79 bits per heavy atom. The van der Waals surface area contributed by atoms with Crippen molar-refractivity contribution in [3.8, 4) is 0 Å². The Hall–Kier alpha value is -3.67. The van der Waals surface area contributed by atoms with Gasteiger partial charge in [-0.2, -0.15) is 0 Å². The largest absolute Gasteiger partial charge is 0.507 e. The Labute approximate surface area is 207 Å². The van der Waals surface area contributed by atoms with Gasteiger partial charge in [-0.15, -0.1) is 0 Å². The number of urea groups is 1. The van der Waals surface area contributed by atoms with E-state index in [4.69, 9.17) is 0 Å². The highest BCUT2D eigenvalue weighted by molar-refractivity contribution is 14.1. The van der Waals surface area contributed by atoms with Gasteiger partial charge in [-0.3, -0.25) is 10.1 Å². The molecule has 10 heteroatoms. The first-order valence-electron chi connectivity index (χ1n) is 10.1. The fourth-order valence-corrected chi connectivity index (χ4v) is 5.22. The fourth-order valence-electron chi connectivity index (χ4n) is 3.98. The molecule has 2 aromatic rings. The maximum atomic E-state index is 13.2. The predicted octanol–water partition coefficient (Wildman–Crippen LogP) is 4.29. The Morgan fingerprint density at radius 1 is 1.09 bits per heavy atom. The van der Waals surface area contributed by atoms with Crippen molar-refractivity contribution in [3.63, 3.8) is 0 Å². The first-order chi connectivity index (χ1) is 16.2. The van der Waals surface area contributed by atoms with Gasteiger partial charge in [-0.25, -0.2) is 14.0 Å². The molecule has 3 amide bonds. The molecule has 2 atom stereocenters. The number of hydrogen-bond donors (Lipinski definition) is 4. The van der Waals surface area contributed by atoms with Gasteiger partial charge in [-0.05, 0) is 64.6 Å². The van der Waals surface area contributed by atoms with Crippen LogP contribution in [0.3, 0.4) is 0 Å². The number of rotatable bonds is 4. The second kappa shape index (κ2) is 9.29. The van der Waals surface area contributed by atoms with Crippen molar-refractivity contribution in [2.75, 3.05) is 12.4 Å². The topological polar surface area (TPSA) is 119 Å². The summed E-state index contributed by atoms with van der Waals surface area (Å²) in [6.45, 7) is 0. The second-order valence-corrected chi connectivity index (χ2v) is 8.92. The summed E-state index contributed by atoms with van der Waals surface area (Å²) in [6.07, 6.45) is 3.07. The molecular weight excluding hydrogens is 556 g/mol. The van der Waals surface area contributed by atoms with Crippen molar-refractivity contribution >= 4 is 51.9 Å². The van der Waals surface area contributed by atoms with Crippen molar-refractivity contribution in [2.45, 2.75) is 6.04 Å². The van der Waals surface area contributed by atoms with Gasteiger partial charge in [-0.1, -0.05) is 24.3 Å². The smallest absolute Gasteiger partial charge is 0.339 e. The van der Waals surface area contributed by atoms with E-state index >= 15 is 0 Å². The van der Waals surface area contributed by atoms with Gasteiger partial charge in [0.2, 0.25) is 0 Å². The molecule has 0 aromatic heterocycles. The summed E-state index contributed by atoms with van der Waals surface area (Å²) < 4.78 is 14.1. The molecule has 1 aliphatic heterocycles. The lowest BCUT2D eigenvalue weighted by molar-refractivity contribution is -0.132. The number of nitrogens with zero attached hydrogens (tertiary/aromatic N) is 1. The van der Waals surface area contributed by atoms with Gasteiger partial charge in [0.05, 0.1) is 17.3 Å². The third-order valence-corrected chi connectivity index (χ3v) is 6.83. The molecular formula is C24H19FIN3O5. The van der Waals surface area contributed by atoms with Crippen LogP contribution in [-0.4, -0.2) is 46.1 Å². The highest BCUT2D eigenvalue weighted by atomic mass is 127. The summed E-state index contributed by atoms with van der Waals surface area (Å²) in [5, 5.41) is 24.0. The Morgan fingerprint density at radius 3 is 2.44 bits per heavy atom. The molecule has 8 nitrogen and oxygen atoms in total. The van der Waals surface area contributed by atoms with Crippen LogP contribution in [0.5, 0.6) is 0 Å². The maximum absolute atomic E-state index is 13.2. The molecule has 4 N–H and O–H groups in total. The van der Waals surface area contributed by atoms with Crippen LogP contribution in [0.4, 0.5) is 14.9 Å². The van der Waals surface area contributed by atoms with Crippen LogP contribution in [0, 0.1) is 11.7 Å². The zero-order valence-corrected chi connectivity index (χ0v) is 19.9. The quantitative estimate of drug-likeness (QED) is 0.404. The van der Waals surface area contributed by atoms with Crippen LogP contribution in [0.2, 0.25) is 0 Å². The number of fused-ring (bicyclic) bond motifs is 1. The summed E-state index contributed by atoms with van der Waals surface area (Å²) >= 11 is 2.17.